The van der Waals surface area contributed by atoms with E-state index in [1.807, 2.05) is 0 Å². The number of rotatable bonds is 8. The van der Waals surface area contributed by atoms with Crippen molar-refractivity contribution in [3.05, 3.63) is 29.8 Å². The molecule has 0 aliphatic rings. The fourth-order valence-corrected chi connectivity index (χ4v) is 1.74. The smallest absolute Gasteiger partial charge is 0.242 e. The lowest BCUT2D eigenvalue weighted by atomic mass is 10.0. The maximum atomic E-state index is 12.0. The standard InChI is InChI=1S/C13H20N6O4/c14-11(21)9(5-7-1-3-8(20)4-2-7)18-12(22)10(19-23)6-17-13(15)16/h1-4,9-10,19-20,23H,5-6H2,(H2,14,21)(H,18,22)(H4,15,16,17)/t9-,10-/m0/s1. The number of guanidine groups is 1. The van der Waals surface area contributed by atoms with Gasteiger partial charge < -0.3 is 32.8 Å². The van der Waals surface area contributed by atoms with Gasteiger partial charge in [-0.25, -0.2) is 0 Å². The lowest BCUT2D eigenvalue weighted by Crippen LogP contribution is -2.53. The second kappa shape index (κ2) is 8.56. The molecule has 1 aromatic carbocycles. The first-order chi connectivity index (χ1) is 10.8. The van der Waals surface area contributed by atoms with Gasteiger partial charge in [-0.15, -0.1) is 0 Å². The molecule has 0 fully saturated rings. The molecule has 1 aromatic rings. The van der Waals surface area contributed by atoms with E-state index in [2.05, 4.69) is 10.3 Å². The van der Waals surface area contributed by atoms with Crippen molar-refractivity contribution in [1.82, 2.24) is 10.8 Å². The van der Waals surface area contributed by atoms with Crippen LogP contribution in [0, 0.1) is 0 Å². The van der Waals surface area contributed by atoms with Crippen LogP contribution in [-0.4, -0.2) is 46.7 Å². The molecule has 0 aliphatic carbocycles. The van der Waals surface area contributed by atoms with Gasteiger partial charge in [0.25, 0.3) is 0 Å². The summed E-state index contributed by atoms with van der Waals surface area (Å²) < 4.78 is 0. The first kappa shape index (κ1) is 18.2. The van der Waals surface area contributed by atoms with E-state index in [0.29, 0.717) is 5.56 Å². The van der Waals surface area contributed by atoms with Gasteiger partial charge >= 0.3 is 0 Å². The van der Waals surface area contributed by atoms with Crippen molar-refractivity contribution < 1.29 is 19.9 Å². The molecule has 1 rings (SSSR count). The van der Waals surface area contributed by atoms with E-state index in [1.165, 1.54) is 12.1 Å². The summed E-state index contributed by atoms with van der Waals surface area (Å²) in [6.45, 7) is -0.213. The number of primary amides is 1. The number of carbonyl (C=O) groups is 2. The molecule has 0 bridgehead atoms. The highest BCUT2D eigenvalue weighted by Crippen LogP contribution is 2.11. The van der Waals surface area contributed by atoms with E-state index >= 15 is 0 Å². The Morgan fingerprint density at radius 1 is 1.13 bits per heavy atom. The maximum absolute atomic E-state index is 12.0. The number of aliphatic imine (C=N–C) groups is 1. The van der Waals surface area contributed by atoms with E-state index in [9.17, 15) is 14.7 Å². The molecule has 23 heavy (non-hydrogen) atoms. The first-order valence-electron chi connectivity index (χ1n) is 6.66. The third-order valence-corrected chi connectivity index (χ3v) is 2.96. The van der Waals surface area contributed by atoms with Gasteiger partial charge in [-0.2, -0.15) is 5.48 Å². The highest BCUT2D eigenvalue weighted by molar-refractivity contribution is 5.89. The number of benzene rings is 1. The van der Waals surface area contributed by atoms with Gasteiger partial charge in [-0.05, 0) is 17.7 Å². The Labute approximate surface area is 132 Å². The molecule has 0 unspecified atom stereocenters. The summed E-state index contributed by atoms with van der Waals surface area (Å²) in [4.78, 5) is 27.1. The number of amides is 2. The summed E-state index contributed by atoms with van der Waals surface area (Å²) in [7, 11) is 0. The Bertz CT molecular complexity index is 570. The number of nitrogens with zero attached hydrogens (tertiary/aromatic N) is 1. The molecule has 10 N–H and O–H groups in total. The van der Waals surface area contributed by atoms with Crippen LogP contribution in [0.4, 0.5) is 0 Å². The van der Waals surface area contributed by atoms with Crippen molar-refractivity contribution in [2.45, 2.75) is 18.5 Å². The first-order valence-corrected chi connectivity index (χ1v) is 6.66. The van der Waals surface area contributed by atoms with Crippen LogP contribution in [0.25, 0.3) is 0 Å². The number of hydroxylamine groups is 1. The molecule has 2 atom stereocenters. The Balaban J connectivity index is 2.74. The second-order valence-electron chi connectivity index (χ2n) is 4.78. The summed E-state index contributed by atoms with van der Waals surface area (Å²) in [5.74, 6) is -1.60. The molecule has 0 spiro atoms. The van der Waals surface area contributed by atoms with Crippen LogP contribution >= 0.6 is 0 Å². The van der Waals surface area contributed by atoms with E-state index in [0.717, 1.165) is 0 Å². The predicted octanol–water partition coefficient (Wildman–Crippen LogP) is -2.47. The van der Waals surface area contributed by atoms with Crippen LogP contribution in [0.1, 0.15) is 5.56 Å². The van der Waals surface area contributed by atoms with Crippen LogP contribution in [0.2, 0.25) is 0 Å². The SMILES string of the molecule is NC(=O)[C@H](Cc1ccc(O)cc1)NC(=O)[C@H](CN=C(N)N)NO. The lowest BCUT2D eigenvalue weighted by molar-refractivity contribution is -0.130. The average molecular weight is 324 g/mol. The zero-order valence-electron chi connectivity index (χ0n) is 12.3. The molecule has 126 valence electrons. The van der Waals surface area contributed by atoms with E-state index in [-0.39, 0.29) is 24.7 Å². The monoisotopic (exact) mass is 324 g/mol. The third-order valence-electron chi connectivity index (χ3n) is 2.96. The zero-order valence-corrected chi connectivity index (χ0v) is 12.3. The van der Waals surface area contributed by atoms with Crippen LogP contribution in [0.3, 0.4) is 0 Å². The summed E-state index contributed by atoms with van der Waals surface area (Å²) >= 11 is 0. The molecule has 10 heteroatoms. The zero-order chi connectivity index (χ0) is 17.4. The van der Waals surface area contributed by atoms with Gasteiger partial charge in [0.05, 0.1) is 6.54 Å². The van der Waals surface area contributed by atoms with Gasteiger partial charge in [0.15, 0.2) is 5.96 Å². The number of phenolic OH excluding ortho intramolecular Hbond substituents is 1. The largest absolute Gasteiger partial charge is 0.508 e. The second-order valence-corrected chi connectivity index (χ2v) is 4.78. The molecular formula is C13H20N6O4. The minimum atomic E-state index is -1.14. The van der Waals surface area contributed by atoms with Crippen molar-refractivity contribution in [2.75, 3.05) is 6.54 Å². The molecule has 10 nitrogen and oxygen atoms in total. The van der Waals surface area contributed by atoms with Crippen molar-refractivity contribution >= 4 is 17.8 Å². The fraction of sp³-hybridized carbons (Fsp3) is 0.308. The molecule has 0 aliphatic heterocycles. The molecule has 2 amide bonds. The van der Waals surface area contributed by atoms with Gasteiger partial charge in [0.2, 0.25) is 11.8 Å². The average Bonchev–Trinajstić information content (AvgIpc) is 2.49. The summed E-state index contributed by atoms with van der Waals surface area (Å²) in [5.41, 5.74) is 18.0. The Morgan fingerprint density at radius 3 is 2.22 bits per heavy atom. The molecular weight excluding hydrogens is 304 g/mol. The van der Waals surface area contributed by atoms with E-state index < -0.39 is 23.9 Å². The Morgan fingerprint density at radius 2 is 1.74 bits per heavy atom. The van der Waals surface area contributed by atoms with Gasteiger partial charge in [-0.3, -0.25) is 14.6 Å². The quantitative estimate of drug-likeness (QED) is 0.156. The molecule has 0 heterocycles. The van der Waals surface area contributed by atoms with Crippen molar-refractivity contribution in [3.8, 4) is 5.75 Å². The Kier molecular flexibility index (Phi) is 6.77. The van der Waals surface area contributed by atoms with Crippen LogP contribution in [0.15, 0.2) is 29.3 Å². The van der Waals surface area contributed by atoms with E-state index in [4.69, 9.17) is 22.4 Å². The van der Waals surface area contributed by atoms with Gasteiger partial charge in [0, 0.05) is 6.42 Å². The predicted molar refractivity (Wildman–Crippen MR) is 82.3 cm³/mol. The maximum Gasteiger partial charge on any atom is 0.242 e. The van der Waals surface area contributed by atoms with Gasteiger partial charge in [-0.1, -0.05) is 12.1 Å². The highest BCUT2D eigenvalue weighted by atomic mass is 16.5. The Hall–Kier alpha value is -2.85. The molecule has 0 aromatic heterocycles. The van der Waals surface area contributed by atoms with E-state index in [1.54, 1.807) is 17.6 Å². The van der Waals surface area contributed by atoms with Crippen molar-refractivity contribution in [2.24, 2.45) is 22.2 Å². The lowest BCUT2D eigenvalue weighted by Gasteiger charge is -2.19. The number of nitrogens with two attached hydrogens (primary N) is 3. The number of phenols is 1. The van der Waals surface area contributed by atoms with Gasteiger partial charge in [0.1, 0.15) is 17.8 Å². The summed E-state index contributed by atoms with van der Waals surface area (Å²) in [5, 5.41) is 20.6. The van der Waals surface area contributed by atoms with Crippen LogP contribution < -0.4 is 28.0 Å². The summed E-state index contributed by atoms with van der Waals surface area (Å²) in [6, 6.07) is 3.95. The van der Waals surface area contributed by atoms with Crippen molar-refractivity contribution in [3.63, 3.8) is 0 Å². The number of aromatic hydroxyl groups is 1. The highest BCUT2D eigenvalue weighted by Gasteiger charge is 2.24. The molecule has 0 radical (unpaired) electrons. The van der Waals surface area contributed by atoms with Crippen molar-refractivity contribution in [1.29, 1.82) is 0 Å². The minimum absolute atomic E-state index is 0.0789. The third kappa shape index (κ3) is 6.20. The normalized spacial score (nSPS) is 12.9. The summed E-state index contributed by atoms with van der Waals surface area (Å²) in [6.07, 6.45) is 0.127. The molecule has 0 saturated heterocycles. The molecule has 0 saturated carbocycles. The fourth-order valence-electron chi connectivity index (χ4n) is 1.74. The van der Waals surface area contributed by atoms with Crippen LogP contribution in [-0.2, 0) is 16.0 Å². The number of carbonyl (C=O) groups excluding carboxylic acids is 2. The minimum Gasteiger partial charge on any atom is -0.508 e. The number of nitrogens with one attached hydrogen (secondary N) is 2. The van der Waals surface area contributed by atoms with Crippen LogP contribution in [0.5, 0.6) is 5.75 Å². The number of hydrogen-bond acceptors (Lipinski definition) is 6. The topological polar surface area (TPSA) is 189 Å². The number of hydrogen-bond donors (Lipinski definition) is 7.